The summed E-state index contributed by atoms with van der Waals surface area (Å²) < 4.78 is 19.1. The van der Waals surface area contributed by atoms with Gasteiger partial charge in [0, 0.05) is 55.0 Å². The summed E-state index contributed by atoms with van der Waals surface area (Å²) in [6, 6.07) is 34.0. The van der Waals surface area contributed by atoms with Crippen LogP contribution in [0.3, 0.4) is 0 Å². The molecule has 14 nitrogen and oxygen atoms in total. The van der Waals surface area contributed by atoms with E-state index in [0.29, 0.717) is 24.0 Å². The lowest BCUT2D eigenvalue weighted by atomic mass is 9.77. The van der Waals surface area contributed by atoms with Gasteiger partial charge in [0.15, 0.2) is 10.8 Å². The first-order valence-corrected chi connectivity index (χ1v) is 21.0. The van der Waals surface area contributed by atoms with Crippen molar-refractivity contribution in [3.8, 4) is 5.75 Å². The van der Waals surface area contributed by atoms with Crippen molar-refractivity contribution in [2.75, 3.05) is 31.3 Å². The number of fused-ring (bicyclic) bond motifs is 2. The molecule has 0 saturated carbocycles. The lowest BCUT2D eigenvalue weighted by molar-refractivity contribution is -0.160. The zero-order valence-corrected chi connectivity index (χ0v) is 33.7. The van der Waals surface area contributed by atoms with Gasteiger partial charge < -0.3 is 30.2 Å². The number of hydrogen-bond donors (Lipinski definition) is 3. The summed E-state index contributed by atoms with van der Waals surface area (Å²) in [5.41, 5.74) is 2.30. The van der Waals surface area contributed by atoms with Gasteiger partial charge in [-0.1, -0.05) is 102 Å². The van der Waals surface area contributed by atoms with Crippen molar-refractivity contribution in [2.24, 2.45) is 10.6 Å². The fraction of sp³-hybridized carbons (Fsp3) is 0.256. The van der Waals surface area contributed by atoms with Gasteiger partial charge in [0.05, 0.1) is 0 Å². The minimum atomic E-state index is -1.84. The van der Waals surface area contributed by atoms with Crippen LogP contribution >= 0.6 is 11.3 Å². The number of ether oxygens (including phenoxy) is 1. The van der Waals surface area contributed by atoms with Crippen molar-refractivity contribution in [3.63, 3.8) is 0 Å². The molecule has 2 amide bonds. The smallest absolute Gasteiger partial charge is 0.313 e. The quantitative estimate of drug-likeness (QED) is 0.0384. The fourth-order valence-electron chi connectivity index (χ4n) is 8.24. The zero-order valence-electron chi connectivity index (χ0n) is 32.1. The second-order valence-electron chi connectivity index (χ2n) is 14.7. The number of esters is 1. The number of hydrogen-bond acceptors (Lipinski definition) is 12. The van der Waals surface area contributed by atoms with Gasteiger partial charge in [-0.15, -0.1) is 11.3 Å². The lowest BCUT2D eigenvalue weighted by Crippen LogP contribution is -2.78. The third-order valence-electron chi connectivity index (χ3n) is 10.9. The number of aromatic nitrogens is 1. The van der Waals surface area contributed by atoms with E-state index in [4.69, 9.17) is 14.6 Å². The Labute approximate surface area is 346 Å². The second kappa shape index (κ2) is 16.2. The van der Waals surface area contributed by atoms with Crippen LogP contribution in [0.5, 0.6) is 5.75 Å². The van der Waals surface area contributed by atoms with E-state index in [1.807, 2.05) is 102 Å². The van der Waals surface area contributed by atoms with Gasteiger partial charge >= 0.3 is 11.9 Å². The third kappa shape index (κ3) is 7.50. The number of anilines is 1. The van der Waals surface area contributed by atoms with Gasteiger partial charge in [0.1, 0.15) is 40.9 Å². The van der Waals surface area contributed by atoms with Gasteiger partial charge in [-0.3, -0.25) is 28.3 Å². The summed E-state index contributed by atoms with van der Waals surface area (Å²) in [5, 5.41) is 22.1. The van der Waals surface area contributed by atoms with Crippen LogP contribution in [-0.2, 0) is 53.4 Å². The molecular formula is C43H40N6O8S2. The minimum Gasteiger partial charge on any atom is -0.481 e. The maximum atomic E-state index is 13.9. The average Bonchev–Trinajstić information content (AvgIpc) is 3.87. The Kier molecular flexibility index (Phi) is 10.9. The Bertz CT molecular complexity index is 2370. The number of carboxylic acids is 1. The van der Waals surface area contributed by atoms with Crippen molar-refractivity contribution < 1.29 is 38.1 Å². The molecule has 5 aromatic rings. The summed E-state index contributed by atoms with van der Waals surface area (Å²) in [6.45, 7) is 2.00. The summed E-state index contributed by atoms with van der Waals surface area (Å²) in [7, 11) is -0.548. The molecule has 59 heavy (non-hydrogen) atoms. The van der Waals surface area contributed by atoms with Gasteiger partial charge in [-0.2, -0.15) is 0 Å². The van der Waals surface area contributed by atoms with Crippen LogP contribution in [0.15, 0.2) is 120 Å². The lowest BCUT2D eigenvalue weighted by Gasteiger charge is -2.53. The molecule has 2 saturated heterocycles. The van der Waals surface area contributed by atoms with E-state index in [9.17, 15) is 28.5 Å². The van der Waals surface area contributed by atoms with Crippen LogP contribution in [0.1, 0.15) is 40.4 Å². The number of benzene rings is 4. The number of β-lactam (4-membered cyclic amide) rings is 1. The van der Waals surface area contributed by atoms with Crippen molar-refractivity contribution in [1.82, 2.24) is 20.1 Å². The number of carbonyl (C=O) groups excluding carboxylic acids is 3. The predicted octanol–water partition coefficient (Wildman–Crippen LogP) is 4.33. The average molecular weight is 833 g/mol. The van der Waals surface area contributed by atoms with Crippen LogP contribution in [0.2, 0.25) is 0 Å². The van der Waals surface area contributed by atoms with E-state index in [1.54, 1.807) is 17.5 Å². The number of aliphatic carboxylic acids is 1. The fourth-order valence-corrected chi connectivity index (χ4v) is 11.0. The molecule has 4 heterocycles. The molecule has 3 aliphatic rings. The normalized spacial score (nSPS) is 21.5. The Morgan fingerprint density at radius 2 is 1.56 bits per heavy atom. The Balaban J connectivity index is 0.992. The van der Waals surface area contributed by atoms with Gasteiger partial charge in [-0.25, -0.2) is 4.98 Å². The molecule has 0 spiro atoms. The molecule has 3 N–H and O–H groups in total. The highest BCUT2D eigenvalue weighted by molar-refractivity contribution is 7.86. The summed E-state index contributed by atoms with van der Waals surface area (Å²) in [4.78, 5) is 65.0. The first-order valence-electron chi connectivity index (χ1n) is 18.8. The largest absolute Gasteiger partial charge is 0.481 e. The molecule has 0 bridgehead atoms. The number of thiazole rings is 1. The minimum absolute atomic E-state index is 0.0319. The van der Waals surface area contributed by atoms with Crippen LogP contribution in [0, 0.1) is 5.41 Å². The van der Waals surface area contributed by atoms with E-state index in [0.717, 1.165) is 27.8 Å². The van der Waals surface area contributed by atoms with Crippen molar-refractivity contribution in [3.05, 3.63) is 148 Å². The Morgan fingerprint density at radius 1 is 0.949 bits per heavy atom. The van der Waals surface area contributed by atoms with E-state index in [1.165, 1.54) is 30.3 Å². The highest BCUT2D eigenvalue weighted by atomic mass is 32.2. The number of nitrogens with one attached hydrogen (secondary N) is 2. The molecule has 4 aromatic carbocycles. The maximum Gasteiger partial charge on any atom is 0.313 e. The number of carboxylic acid groups (broad SMARTS) is 1. The molecule has 0 radical (unpaired) electrons. The zero-order chi connectivity index (χ0) is 41.3. The molecule has 4 atom stereocenters. The monoisotopic (exact) mass is 832 g/mol. The molecule has 3 aliphatic heterocycles. The van der Waals surface area contributed by atoms with Gasteiger partial charge in [-0.05, 0) is 39.9 Å². The number of carbonyl (C=O) groups is 4. The molecular weight excluding hydrogens is 793 g/mol. The van der Waals surface area contributed by atoms with Crippen molar-refractivity contribution >= 4 is 56.7 Å². The maximum absolute atomic E-state index is 13.9. The molecule has 16 heteroatoms. The van der Waals surface area contributed by atoms with Gasteiger partial charge in [0.2, 0.25) is 5.91 Å². The number of nitrogens with zero attached hydrogens (tertiary/aromatic N) is 4. The predicted molar refractivity (Wildman–Crippen MR) is 221 cm³/mol. The molecule has 0 aliphatic carbocycles. The Morgan fingerprint density at radius 3 is 2.14 bits per heavy atom. The third-order valence-corrected chi connectivity index (χ3v) is 13.5. The molecule has 3 unspecified atom stereocenters. The van der Waals surface area contributed by atoms with Crippen LogP contribution in [0.25, 0.3) is 0 Å². The highest BCUT2D eigenvalue weighted by Gasteiger charge is 2.61. The number of rotatable bonds is 13. The van der Waals surface area contributed by atoms with Crippen LogP contribution in [0.4, 0.5) is 5.13 Å². The second-order valence-corrected chi connectivity index (χ2v) is 17.1. The first kappa shape index (κ1) is 39.6. The van der Waals surface area contributed by atoms with E-state index < -0.39 is 56.9 Å². The highest BCUT2D eigenvalue weighted by Crippen LogP contribution is 2.42. The topological polar surface area (TPSA) is 180 Å². The van der Waals surface area contributed by atoms with Crippen LogP contribution in [-0.4, -0.2) is 90.9 Å². The molecule has 302 valence electrons. The van der Waals surface area contributed by atoms with E-state index in [-0.39, 0.29) is 30.2 Å². The molecule has 8 rings (SSSR count). The van der Waals surface area contributed by atoms with Gasteiger partial charge in [0.25, 0.3) is 5.91 Å². The van der Waals surface area contributed by atoms with Crippen molar-refractivity contribution in [2.45, 2.75) is 37.0 Å². The number of amides is 2. The van der Waals surface area contributed by atoms with Crippen molar-refractivity contribution in [1.29, 1.82) is 0 Å². The summed E-state index contributed by atoms with van der Waals surface area (Å²) >= 11 is 1.26. The molecule has 1 aromatic heterocycles. The number of oxime groups is 1. The summed E-state index contributed by atoms with van der Waals surface area (Å²) in [5.74, 6) is -2.75. The van der Waals surface area contributed by atoms with E-state index in [2.05, 4.69) is 15.8 Å². The molecule has 2 fully saturated rings. The summed E-state index contributed by atoms with van der Waals surface area (Å²) in [6.07, 6.45) is 0. The first-order chi connectivity index (χ1) is 28.5. The Hall–Kier alpha value is -6.23. The van der Waals surface area contributed by atoms with Crippen LogP contribution < -0.4 is 15.4 Å². The standard InChI is InChI=1S/C43H40N6O8S2/c1-27(50)57-33-19-18-28-21-48(22-29(28)20-33)24-42(40(53)54)25-49-38(52)36(39(49)59(55)26-42)45-37(51)35(47-56-2)34-23-58-41(44-34)46-43(30-12-6-3-7-13-30,31-14-8-4-9-15-31)32-16-10-5-11-17-32/h3-20,23,36,39H,21-22,24-26H2,1-2H3,(H,44,46)(H,45,51)(H,53,54)/t36?,39-,42?,59?/m1/s1. The SMILES string of the molecule is CON=C(C(=O)NC1C(=O)N2CC(CN3Cc4ccc(OC(C)=O)cc4C3)(C(=O)O)CS(=O)[C@H]12)c1csc(NC(c2ccccc2)(c2ccccc2)c2ccccc2)n1. The van der Waals surface area contributed by atoms with E-state index >= 15 is 0 Å².